The number of fused-ring (bicyclic) bond motifs is 1. The second-order valence-electron chi connectivity index (χ2n) is 5.53. The number of benzene rings is 1. The Hall–Kier alpha value is -2.33. The molecule has 0 aliphatic carbocycles. The van der Waals surface area contributed by atoms with Gasteiger partial charge in [0.25, 0.3) is 0 Å². The predicted molar refractivity (Wildman–Crippen MR) is 85.8 cm³/mol. The van der Waals surface area contributed by atoms with E-state index in [1.165, 1.54) is 10.9 Å². The van der Waals surface area contributed by atoms with Crippen molar-refractivity contribution in [2.75, 3.05) is 7.11 Å². The van der Waals surface area contributed by atoms with E-state index in [4.69, 9.17) is 4.74 Å². The summed E-state index contributed by atoms with van der Waals surface area (Å²) in [4.78, 5) is 3.30. The van der Waals surface area contributed by atoms with E-state index in [-0.39, 0.29) is 0 Å². The molecule has 2 aromatic heterocycles. The molecule has 3 rings (SSSR count). The Morgan fingerprint density at radius 1 is 1.27 bits per heavy atom. The molecule has 0 aliphatic rings. The fourth-order valence-corrected chi connectivity index (χ4v) is 2.69. The molecule has 0 saturated heterocycles. The zero-order valence-electron chi connectivity index (χ0n) is 12.9. The zero-order chi connectivity index (χ0) is 15.5. The fourth-order valence-electron chi connectivity index (χ4n) is 2.69. The number of aromatic nitrogens is 2. The second-order valence-corrected chi connectivity index (χ2v) is 5.53. The standard InChI is InChI=1S/C18H21N2O2/c1-13(21)15-9-16(22-2)12-20(11-15)8-7-14-10-19-18-6-4-3-5-17(14)18/h3-6,9-13,19,21H,7-8H2,1-2H3/q+1/t13-/m1/s1. The van der Waals surface area contributed by atoms with Crippen LogP contribution < -0.4 is 9.30 Å². The lowest BCUT2D eigenvalue weighted by molar-refractivity contribution is -0.697. The molecular formula is C18H21N2O2+. The van der Waals surface area contributed by atoms with E-state index < -0.39 is 6.10 Å². The van der Waals surface area contributed by atoms with Crippen LogP contribution in [0.5, 0.6) is 5.75 Å². The van der Waals surface area contributed by atoms with Gasteiger partial charge in [-0.3, -0.25) is 0 Å². The number of aromatic amines is 1. The maximum absolute atomic E-state index is 9.79. The van der Waals surface area contributed by atoms with Crippen molar-refractivity contribution in [1.82, 2.24) is 4.98 Å². The number of ether oxygens (including phenoxy) is 1. The van der Waals surface area contributed by atoms with Crippen LogP contribution in [0.25, 0.3) is 10.9 Å². The molecule has 0 spiro atoms. The highest BCUT2D eigenvalue weighted by Crippen LogP contribution is 2.19. The minimum absolute atomic E-state index is 0.505. The first-order valence-electron chi connectivity index (χ1n) is 7.48. The third-order valence-corrected chi connectivity index (χ3v) is 3.95. The number of nitrogens with zero attached hydrogens (tertiary/aromatic N) is 1. The topological polar surface area (TPSA) is 49.1 Å². The fraction of sp³-hybridized carbons (Fsp3) is 0.278. The summed E-state index contributed by atoms with van der Waals surface area (Å²) in [5.74, 6) is 0.761. The van der Waals surface area contributed by atoms with Gasteiger partial charge in [0.05, 0.1) is 13.2 Å². The van der Waals surface area contributed by atoms with Crippen molar-refractivity contribution < 1.29 is 14.4 Å². The lowest BCUT2D eigenvalue weighted by Crippen LogP contribution is -2.35. The minimum Gasteiger partial charge on any atom is -0.491 e. The van der Waals surface area contributed by atoms with Gasteiger partial charge in [-0.05, 0) is 24.6 Å². The SMILES string of the molecule is COc1cc([C@@H](C)O)c[n+](CCc2c[nH]c3ccccc23)c1. The van der Waals surface area contributed by atoms with Crippen molar-refractivity contribution in [1.29, 1.82) is 0 Å². The van der Waals surface area contributed by atoms with Crippen molar-refractivity contribution in [3.63, 3.8) is 0 Å². The number of aliphatic hydroxyl groups excluding tert-OH is 1. The lowest BCUT2D eigenvalue weighted by Gasteiger charge is -2.06. The number of pyridine rings is 1. The van der Waals surface area contributed by atoms with E-state index in [2.05, 4.69) is 33.9 Å². The zero-order valence-corrected chi connectivity index (χ0v) is 12.9. The van der Waals surface area contributed by atoms with Gasteiger partial charge >= 0.3 is 0 Å². The van der Waals surface area contributed by atoms with Gasteiger partial charge < -0.3 is 14.8 Å². The van der Waals surface area contributed by atoms with Gasteiger partial charge in [-0.2, -0.15) is 0 Å². The molecule has 0 fully saturated rings. The van der Waals surface area contributed by atoms with Crippen LogP contribution in [0.15, 0.2) is 48.9 Å². The quantitative estimate of drug-likeness (QED) is 0.711. The Morgan fingerprint density at radius 3 is 2.86 bits per heavy atom. The summed E-state index contributed by atoms with van der Waals surface area (Å²) in [7, 11) is 1.64. The molecular weight excluding hydrogens is 276 g/mol. The van der Waals surface area contributed by atoms with Crippen LogP contribution in [-0.2, 0) is 13.0 Å². The molecule has 4 nitrogen and oxygen atoms in total. The van der Waals surface area contributed by atoms with Crippen LogP contribution >= 0.6 is 0 Å². The Bertz CT molecular complexity index is 778. The van der Waals surface area contributed by atoms with Gasteiger partial charge in [-0.15, -0.1) is 0 Å². The van der Waals surface area contributed by atoms with Crippen LogP contribution in [-0.4, -0.2) is 17.2 Å². The molecule has 0 saturated carbocycles. The summed E-state index contributed by atoms with van der Waals surface area (Å²) in [5.41, 5.74) is 3.32. The molecule has 1 aromatic carbocycles. The van der Waals surface area contributed by atoms with Gasteiger partial charge in [0.2, 0.25) is 6.20 Å². The molecule has 2 heterocycles. The molecule has 0 aliphatic heterocycles. The molecule has 1 atom stereocenters. The summed E-state index contributed by atoms with van der Waals surface area (Å²) in [6.07, 6.45) is 6.42. The van der Waals surface area contributed by atoms with Gasteiger partial charge in [0.15, 0.2) is 18.5 Å². The average molecular weight is 297 g/mol. The first-order chi connectivity index (χ1) is 10.7. The predicted octanol–water partition coefficient (Wildman–Crippen LogP) is 2.76. The molecule has 0 unspecified atom stereocenters. The molecule has 0 radical (unpaired) electrons. The van der Waals surface area contributed by atoms with E-state index in [1.54, 1.807) is 14.0 Å². The second kappa shape index (κ2) is 6.20. The first kappa shape index (κ1) is 14.6. The highest BCUT2D eigenvalue weighted by atomic mass is 16.5. The van der Waals surface area contributed by atoms with Crippen molar-refractivity contribution in [3.8, 4) is 5.75 Å². The largest absolute Gasteiger partial charge is 0.491 e. The molecule has 2 N–H and O–H groups in total. The Morgan fingerprint density at radius 2 is 2.09 bits per heavy atom. The number of nitrogens with one attached hydrogen (secondary N) is 1. The summed E-state index contributed by atoms with van der Waals surface area (Å²) < 4.78 is 7.39. The van der Waals surface area contributed by atoms with E-state index in [1.807, 2.05) is 24.5 Å². The number of methoxy groups -OCH3 is 1. The molecule has 114 valence electrons. The van der Waals surface area contributed by atoms with E-state index >= 15 is 0 Å². The van der Waals surface area contributed by atoms with Crippen molar-refractivity contribution >= 4 is 10.9 Å². The van der Waals surface area contributed by atoms with Crippen LogP contribution in [0.4, 0.5) is 0 Å². The number of hydrogen-bond acceptors (Lipinski definition) is 2. The number of rotatable bonds is 5. The molecule has 0 bridgehead atoms. The third kappa shape index (κ3) is 2.97. The number of H-pyrrole nitrogens is 1. The van der Waals surface area contributed by atoms with Crippen LogP contribution in [0.3, 0.4) is 0 Å². The first-order valence-corrected chi connectivity index (χ1v) is 7.48. The number of hydrogen-bond donors (Lipinski definition) is 2. The molecule has 0 amide bonds. The van der Waals surface area contributed by atoms with Crippen LogP contribution in [0.1, 0.15) is 24.2 Å². The molecule has 22 heavy (non-hydrogen) atoms. The maximum Gasteiger partial charge on any atom is 0.211 e. The number of aliphatic hydroxyl groups is 1. The Labute approximate surface area is 130 Å². The summed E-state index contributed by atoms with van der Waals surface area (Å²) in [5, 5.41) is 11.1. The van der Waals surface area contributed by atoms with Crippen molar-refractivity contribution in [2.45, 2.75) is 26.0 Å². The molecule has 3 aromatic rings. The van der Waals surface area contributed by atoms with E-state index in [9.17, 15) is 5.11 Å². The minimum atomic E-state index is -0.505. The van der Waals surface area contributed by atoms with Crippen molar-refractivity contribution in [2.24, 2.45) is 0 Å². The van der Waals surface area contributed by atoms with Crippen LogP contribution in [0, 0.1) is 0 Å². The molecule has 4 heteroatoms. The summed E-state index contributed by atoms with van der Waals surface area (Å²) in [6.45, 7) is 2.59. The summed E-state index contributed by atoms with van der Waals surface area (Å²) in [6, 6.07) is 10.2. The van der Waals surface area contributed by atoms with Gasteiger partial charge in [0.1, 0.15) is 0 Å². The number of para-hydroxylation sites is 1. The highest BCUT2D eigenvalue weighted by molar-refractivity contribution is 5.82. The van der Waals surface area contributed by atoms with E-state index in [0.717, 1.165) is 29.8 Å². The summed E-state index contributed by atoms with van der Waals surface area (Å²) >= 11 is 0. The normalized spacial score (nSPS) is 12.5. The lowest BCUT2D eigenvalue weighted by atomic mass is 10.1. The maximum atomic E-state index is 9.79. The highest BCUT2D eigenvalue weighted by Gasteiger charge is 2.13. The van der Waals surface area contributed by atoms with Gasteiger partial charge in [-0.1, -0.05) is 18.2 Å². The van der Waals surface area contributed by atoms with Crippen LogP contribution in [0.2, 0.25) is 0 Å². The van der Waals surface area contributed by atoms with E-state index in [0.29, 0.717) is 0 Å². The van der Waals surface area contributed by atoms with Crippen molar-refractivity contribution in [3.05, 3.63) is 60.0 Å². The van der Waals surface area contributed by atoms with Gasteiger partial charge in [-0.25, -0.2) is 4.57 Å². The Kier molecular flexibility index (Phi) is 4.11. The average Bonchev–Trinajstić information content (AvgIpc) is 2.95. The third-order valence-electron chi connectivity index (χ3n) is 3.95. The Balaban J connectivity index is 1.82. The number of aryl methyl sites for hydroxylation is 2. The van der Waals surface area contributed by atoms with Gasteiger partial charge in [0, 0.05) is 29.1 Å². The smallest absolute Gasteiger partial charge is 0.211 e. The monoisotopic (exact) mass is 297 g/mol.